The second-order valence-electron chi connectivity index (χ2n) is 5.37. The van der Waals surface area contributed by atoms with Gasteiger partial charge in [0.1, 0.15) is 0 Å². The average molecular weight is 278 g/mol. The van der Waals surface area contributed by atoms with Gasteiger partial charge < -0.3 is 0 Å². The molecule has 1 aliphatic heterocycles. The lowest BCUT2D eigenvalue weighted by Crippen LogP contribution is -2.28. The Hall–Kier alpha value is -2.42. The Labute approximate surface area is 124 Å². The molecule has 0 saturated carbocycles. The summed E-state index contributed by atoms with van der Waals surface area (Å²) in [6.45, 7) is 1.98. The first-order valence-corrected chi connectivity index (χ1v) is 7.19. The zero-order valence-electron chi connectivity index (χ0n) is 12.1. The van der Waals surface area contributed by atoms with Gasteiger partial charge in [0.05, 0.1) is 12.5 Å². The Morgan fingerprint density at radius 1 is 1.10 bits per heavy atom. The van der Waals surface area contributed by atoms with Crippen LogP contribution >= 0.6 is 0 Å². The summed E-state index contributed by atoms with van der Waals surface area (Å²) < 4.78 is 0. The SMILES string of the molecule is CC1=NN(C(=O)Cc2ccccc2)[C@H](c2ccccc2)C1. The molecule has 1 atom stereocenters. The first-order valence-electron chi connectivity index (χ1n) is 7.19. The minimum atomic E-state index is 0.0300. The molecule has 0 radical (unpaired) electrons. The van der Waals surface area contributed by atoms with Crippen LogP contribution in [0.5, 0.6) is 0 Å². The van der Waals surface area contributed by atoms with Gasteiger partial charge in [-0.3, -0.25) is 4.79 Å². The molecule has 0 bridgehead atoms. The second-order valence-corrected chi connectivity index (χ2v) is 5.37. The molecule has 21 heavy (non-hydrogen) atoms. The molecule has 0 N–H and O–H groups in total. The van der Waals surface area contributed by atoms with E-state index in [1.165, 1.54) is 0 Å². The highest BCUT2D eigenvalue weighted by Crippen LogP contribution is 2.30. The van der Waals surface area contributed by atoms with E-state index in [1.807, 2.05) is 55.5 Å². The van der Waals surface area contributed by atoms with Crippen molar-refractivity contribution in [1.82, 2.24) is 5.01 Å². The number of hydrogen-bond acceptors (Lipinski definition) is 2. The lowest BCUT2D eigenvalue weighted by molar-refractivity contribution is -0.132. The summed E-state index contributed by atoms with van der Waals surface area (Å²) in [6.07, 6.45) is 1.20. The van der Waals surface area contributed by atoms with Crippen LogP contribution in [0.1, 0.15) is 30.5 Å². The van der Waals surface area contributed by atoms with E-state index in [0.29, 0.717) is 6.42 Å². The monoisotopic (exact) mass is 278 g/mol. The fraction of sp³-hybridized carbons (Fsp3) is 0.222. The largest absolute Gasteiger partial charge is 0.273 e. The van der Waals surface area contributed by atoms with Gasteiger partial charge in [-0.25, -0.2) is 5.01 Å². The molecule has 0 unspecified atom stereocenters. The van der Waals surface area contributed by atoms with Gasteiger partial charge in [0.25, 0.3) is 0 Å². The third-order valence-corrected chi connectivity index (χ3v) is 3.70. The van der Waals surface area contributed by atoms with E-state index in [9.17, 15) is 4.79 Å². The molecule has 1 amide bonds. The summed E-state index contributed by atoms with van der Waals surface area (Å²) in [7, 11) is 0. The van der Waals surface area contributed by atoms with Crippen LogP contribution in [0.2, 0.25) is 0 Å². The highest BCUT2D eigenvalue weighted by atomic mass is 16.2. The predicted octanol–water partition coefficient (Wildman–Crippen LogP) is 3.58. The van der Waals surface area contributed by atoms with Crippen LogP contribution in [0.3, 0.4) is 0 Å². The number of hydrazone groups is 1. The summed E-state index contributed by atoms with van der Waals surface area (Å²) in [5, 5.41) is 6.09. The lowest BCUT2D eigenvalue weighted by Gasteiger charge is -2.22. The van der Waals surface area contributed by atoms with Gasteiger partial charge in [0.15, 0.2) is 0 Å². The third-order valence-electron chi connectivity index (χ3n) is 3.70. The Kier molecular flexibility index (Phi) is 3.82. The Bertz CT molecular complexity index is 649. The molecule has 0 aliphatic carbocycles. The Morgan fingerprint density at radius 2 is 1.71 bits per heavy atom. The summed E-state index contributed by atoms with van der Waals surface area (Å²) in [4.78, 5) is 12.6. The maximum Gasteiger partial charge on any atom is 0.247 e. The topological polar surface area (TPSA) is 32.7 Å². The van der Waals surface area contributed by atoms with Crippen molar-refractivity contribution < 1.29 is 4.79 Å². The van der Waals surface area contributed by atoms with Gasteiger partial charge in [-0.15, -0.1) is 0 Å². The van der Waals surface area contributed by atoms with Crippen molar-refractivity contribution >= 4 is 11.6 Å². The van der Waals surface area contributed by atoms with E-state index >= 15 is 0 Å². The number of amides is 1. The van der Waals surface area contributed by atoms with E-state index in [4.69, 9.17) is 0 Å². The third kappa shape index (κ3) is 3.02. The standard InChI is InChI=1S/C18H18N2O/c1-14-12-17(16-10-6-3-7-11-16)20(19-14)18(21)13-15-8-4-2-5-9-15/h2-11,17H,12-13H2,1H3/t17-/m0/s1. The minimum Gasteiger partial charge on any atom is -0.273 e. The Morgan fingerprint density at radius 3 is 2.38 bits per heavy atom. The average Bonchev–Trinajstić information content (AvgIpc) is 2.91. The fourth-order valence-corrected chi connectivity index (χ4v) is 2.68. The van der Waals surface area contributed by atoms with Crippen LogP contribution < -0.4 is 0 Å². The molecule has 3 heteroatoms. The van der Waals surface area contributed by atoms with E-state index < -0.39 is 0 Å². The van der Waals surface area contributed by atoms with Crippen LogP contribution in [0.4, 0.5) is 0 Å². The smallest absolute Gasteiger partial charge is 0.247 e. The van der Waals surface area contributed by atoms with E-state index in [-0.39, 0.29) is 11.9 Å². The normalized spacial score (nSPS) is 17.7. The summed E-state index contributed by atoms with van der Waals surface area (Å²) in [6, 6.07) is 20.0. The van der Waals surface area contributed by atoms with E-state index in [1.54, 1.807) is 5.01 Å². The van der Waals surface area contributed by atoms with Crippen molar-refractivity contribution in [2.24, 2.45) is 5.10 Å². The van der Waals surface area contributed by atoms with Crippen LogP contribution in [0.15, 0.2) is 65.8 Å². The number of hydrogen-bond donors (Lipinski definition) is 0. The molecule has 0 fully saturated rings. The van der Waals surface area contributed by atoms with Gasteiger partial charge in [-0.2, -0.15) is 5.10 Å². The van der Waals surface area contributed by atoms with E-state index in [0.717, 1.165) is 23.3 Å². The number of nitrogens with zero attached hydrogens (tertiary/aromatic N) is 2. The zero-order valence-corrected chi connectivity index (χ0v) is 12.1. The number of carbonyl (C=O) groups excluding carboxylic acids is 1. The van der Waals surface area contributed by atoms with Crippen molar-refractivity contribution in [3.05, 3.63) is 71.8 Å². The molecular formula is C18H18N2O. The van der Waals surface area contributed by atoms with Gasteiger partial charge in [0, 0.05) is 12.1 Å². The van der Waals surface area contributed by atoms with Crippen molar-refractivity contribution in [2.75, 3.05) is 0 Å². The van der Waals surface area contributed by atoms with Crippen LogP contribution in [-0.4, -0.2) is 16.6 Å². The maximum absolute atomic E-state index is 12.6. The predicted molar refractivity (Wildman–Crippen MR) is 83.9 cm³/mol. The molecule has 0 saturated heterocycles. The van der Waals surface area contributed by atoms with E-state index in [2.05, 4.69) is 17.2 Å². The number of carbonyl (C=O) groups is 1. The molecule has 1 aliphatic rings. The molecule has 1 heterocycles. The van der Waals surface area contributed by atoms with Crippen molar-refractivity contribution in [3.63, 3.8) is 0 Å². The molecule has 106 valence electrons. The molecular weight excluding hydrogens is 260 g/mol. The minimum absolute atomic E-state index is 0.0300. The van der Waals surface area contributed by atoms with Crippen LogP contribution in [0, 0.1) is 0 Å². The molecule has 0 aromatic heterocycles. The fourth-order valence-electron chi connectivity index (χ4n) is 2.68. The van der Waals surface area contributed by atoms with Gasteiger partial charge in [-0.1, -0.05) is 60.7 Å². The highest BCUT2D eigenvalue weighted by molar-refractivity contribution is 5.89. The Balaban J connectivity index is 1.80. The zero-order chi connectivity index (χ0) is 14.7. The van der Waals surface area contributed by atoms with Crippen molar-refractivity contribution in [2.45, 2.75) is 25.8 Å². The first kappa shape index (κ1) is 13.6. The van der Waals surface area contributed by atoms with Crippen molar-refractivity contribution in [3.8, 4) is 0 Å². The molecule has 0 spiro atoms. The summed E-state index contributed by atoms with van der Waals surface area (Å²) in [5.41, 5.74) is 3.17. The molecule has 3 rings (SSSR count). The highest BCUT2D eigenvalue weighted by Gasteiger charge is 2.30. The quantitative estimate of drug-likeness (QED) is 0.844. The first-order chi connectivity index (χ1) is 10.2. The molecule has 3 nitrogen and oxygen atoms in total. The lowest BCUT2D eigenvalue weighted by atomic mass is 10.0. The second kappa shape index (κ2) is 5.92. The number of benzene rings is 2. The number of rotatable bonds is 3. The van der Waals surface area contributed by atoms with Gasteiger partial charge >= 0.3 is 0 Å². The molecule has 2 aromatic carbocycles. The van der Waals surface area contributed by atoms with Crippen LogP contribution in [-0.2, 0) is 11.2 Å². The maximum atomic E-state index is 12.6. The van der Waals surface area contributed by atoms with Gasteiger partial charge in [-0.05, 0) is 18.1 Å². The van der Waals surface area contributed by atoms with Crippen molar-refractivity contribution in [1.29, 1.82) is 0 Å². The molecule has 2 aromatic rings. The van der Waals surface area contributed by atoms with Gasteiger partial charge in [0.2, 0.25) is 5.91 Å². The summed E-state index contributed by atoms with van der Waals surface area (Å²) >= 11 is 0. The summed E-state index contributed by atoms with van der Waals surface area (Å²) in [5.74, 6) is 0.0481. The van der Waals surface area contributed by atoms with Crippen LogP contribution in [0.25, 0.3) is 0 Å².